The normalized spacial score (nSPS) is 15.2. The van der Waals surface area contributed by atoms with Crippen molar-refractivity contribution in [3.8, 4) is 0 Å². The highest BCUT2D eigenvalue weighted by Crippen LogP contribution is 2.22. The smallest absolute Gasteiger partial charge is 0.242 e. The Kier molecular flexibility index (Phi) is 5.41. The molecule has 1 aromatic rings. The Morgan fingerprint density at radius 2 is 1.80 bits per heavy atom. The van der Waals surface area contributed by atoms with E-state index in [2.05, 4.69) is 37.4 Å². The molecule has 110 valence electrons. The fourth-order valence-corrected chi connectivity index (χ4v) is 2.56. The summed E-state index contributed by atoms with van der Waals surface area (Å²) in [7, 11) is 0. The van der Waals surface area contributed by atoms with Crippen molar-refractivity contribution < 1.29 is 9.53 Å². The van der Waals surface area contributed by atoms with Gasteiger partial charge in [0.15, 0.2) is 0 Å². The van der Waals surface area contributed by atoms with Crippen molar-refractivity contribution in [2.24, 2.45) is 0 Å². The van der Waals surface area contributed by atoms with Crippen molar-refractivity contribution in [1.29, 1.82) is 0 Å². The number of carbonyl (C=O) groups excluding carboxylic acids is 1. The van der Waals surface area contributed by atoms with Crippen LogP contribution in [-0.4, -0.2) is 43.7 Å². The van der Waals surface area contributed by atoms with Crippen LogP contribution in [0.5, 0.6) is 0 Å². The van der Waals surface area contributed by atoms with Crippen molar-refractivity contribution in [3.63, 3.8) is 0 Å². The number of hydrogen-bond acceptors (Lipinski definition) is 3. The molecular formula is C16H24N2O2. The van der Waals surface area contributed by atoms with Gasteiger partial charge in [0.05, 0.1) is 19.8 Å². The highest BCUT2D eigenvalue weighted by atomic mass is 16.5. The number of rotatable bonds is 5. The highest BCUT2D eigenvalue weighted by Gasteiger charge is 2.17. The third-order valence-corrected chi connectivity index (χ3v) is 3.78. The third kappa shape index (κ3) is 3.51. The lowest BCUT2D eigenvalue weighted by Gasteiger charge is -2.27. The van der Waals surface area contributed by atoms with E-state index in [-0.39, 0.29) is 5.91 Å². The second kappa shape index (κ2) is 7.29. The minimum atomic E-state index is 0.154. The number of hydrogen-bond donors (Lipinski definition) is 1. The first kappa shape index (κ1) is 14.9. The lowest BCUT2D eigenvalue weighted by Crippen LogP contribution is -2.43. The van der Waals surface area contributed by atoms with E-state index >= 15 is 0 Å². The summed E-state index contributed by atoms with van der Waals surface area (Å²) in [5, 5.41) is 3.35. The van der Waals surface area contributed by atoms with Crippen LogP contribution in [0.3, 0.4) is 0 Å². The monoisotopic (exact) mass is 276 g/mol. The minimum Gasteiger partial charge on any atom is -0.378 e. The molecule has 20 heavy (non-hydrogen) atoms. The second-order valence-corrected chi connectivity index (χ2v) is 5.01. The Bertz CT molecular complexity index is 432. The number of para-hydroxylation sites is 1. The quantitative estimate of drug-likeness (QED) is 0.895. The summed E-state index contributed by atoms with van der Waals surface area (Å²) >= 11 is 0. The summed E-state index contributed by atoms with van der Waals surface area (Å²) in [6.07, 6.45) is 1.95. The third-order valence-electron chi connectivity index (χ3n) is 3.78. The number of ether oxygens (including phenoxy) is 1. The molecule has 0 unspecified atom stereocenters. The topological polar surface area (TPSA) is 41.6 Å². The van der Waals surface area contributed by atoms with Crippen LogP contribution in [0.25, 0.3) is 0 Å². The van der Waals surface area contributed by atoms with E-state index in [9.17, 15) is 4.79 Å². The van der Waals surface area contributed by atoms with E-state index < -0.39 is 0 Å². The number of amides is 1. The van der Waals surface area contributed by atoms with Gasteiger partial charge in [-0.1, -0.05) is 32.0 Å². The van der Waals surface area contributed by atoms with Gasteiger partial charge in [0.1, 0.15) is 0 Å². The van der Waals surface area contributed by atoms with Crippen LogP contribution < -0.4 is 5.32 Å². The van der Waals surface area contributed by atoms with E-state index in [1.807, 2.05) is 4.90 Å². The number of anilines is 1. The summed E-state index contributed by atoms with van der Waals surface area (Å²) in [6.45, 7) is 7.36. The van der Waals surface area contributed by atoms with E-state index in [4.69, 9.17) is 4.74 Å². The number of nitrogens with zero attached hydrogens (tertiary/aromatic N) is 1. The number of aryl methyl sites for hydroxylation is 2. The largest absolute Gasteiger partial charge is 0.378 e. The molecule has 0 saturated carbocycles. The zero-order valence-corrected chi connectivity index (χ0v) is 12.4. The SMILES string of the molecule is CCc1cccc(CC)c1NCC(=O)N1CCOCC1. The Morgan fingerprint density at radius 3 is 2.35 bits per heavy atom. The molecule has 1 fully saturated rings. The number of nitrogens with one attached hydrogen (secondary N) is 1. The van der Waals surface area contributed by atoms with E-state index in [0.717, 1.165) is 18.5 Å². The first-order valence-corrected chi connectivity index (χ1v) is 7.46. The van der Waals surface area contributed by atoms with Crippen molar-refractivity contribution in [3.05, 3.63) is 29.3 Å². The van der Waals surface area contributed by atoms with Gasteiger partial charge in [-0.25, -0.2) is 0 Å². The molecule has 4 heteroatoms. The molecule has 1 aromatic carbocycles. The second-order valence-electron chi connectivity index (χ2n) is 5.01. The number of benzene rings is 1. The summed E-state index contributed by atoms with van der Waals surface area (Å²) in [5.41, 5.74) is 3.69. The Hall–Kier alpha value is -1.55. The van der Waals surface area contributed by atoms with E-state index in [0.29, 0.717) is 32.8 Å². The van der Waals surface area contributed by atoms with Crippen LogP contribution >= 0.6 is 0 Å². The molecule has 1 aliphatic heterocycles. The van der Waals surface area contributed by atoms with Crippen molar-refractivity contribution in [1.82, 2.24) is 4.90 Å². The van der Waals surface area contributed by atoms with Gasteiger partial charge >= 0.3 is 0 Å². The molecule has 0 aromatic heterocycles. The van der Waals surface area contributed by atoms with Gasteiger partial charge in [-0.15, -0.1) is 0 Å². The maximum Gasteiger partial charge on any atom is 0.242 e. The molecule has 0 atom stereocenters. The molecule has 0 radical (unpaired) electrons. The van der Waals surface area contributed by atoms with Crippen LogP contribution in [0.1, 0.15) is 25.0 Å². The van der Waals surface area contributed by atoms with Crippen LogP contribution in [0.15, 0.2) is 18.2 Å². The first-order chi connectivity index (χ1) is 9.76. The van der Waals surface area contributed by atoms with Crippen molar-refractivity contribution in [2.45, 2.75) is 26.7 Å². The van der Waals surface area contributed by atoms with Gasteiger partial charge in [0, 0.05) is 18.8 Å². The van der Waals surface area contributed by atoms with Gasteiger partial charge in [0.25, 0.3) is 0 Å². The molecule has 1 saturated heterocycles. The van der Waals surface area contributed by atoms with Crippen molar-refractivity contribution in [2.75, 3.05) is 38.2 Å². The van der Waals surface area contributed by atoms with Crippen LogP contribution in [0, 0.1) is 0 Å². The molecule has 1 N–H and O–H groups in total. The van der Waals surface area contributed by atoms with E-state index in [1.165, 1.54) is 11.1 Å². The van der Waals surface area contributed by atoms with Crippen LogP contribution in [0.4, 0.5) is 5.69 Å². The average Bonchev–Trinajstić information content (AvgIpc) is 2.52. The number of carbonyl (C=O) groups is 1. The Labute approximate surface area is 121 Å². The molecule has 0 bridgehead atoms. The predicted molar refractivity (Wildman–Crippen MR) is 81.1 cm³/mol. The molecule has 0 spiro atoms. The van der Waals surface area contributed by atoms with E-state index in [1.54, 1.807) is 0 Å². The predicted octanol–water partition coefficient (Wildman–Crippen LogP) is 2.08. The van der Waals surface area contributed by atoms with Crippen LogP contribution in [0.2, 0.25) is 0 Å². The fraction of sp³-hybridized carbons (Fsp3) is 0.562. The Balaban J connectivity index is 2.00. The zero-order chi connectivity index (χ0) is 14.4. The van der Waals surface area contributed by atoms with Gasteiger partial charge in [-0.05, 0) is 24.0 Å². The molecule has 1 aliphatic rings. The van der Waals surface area contributed by atoms with Gasteiger partial charge in [-0.2, -0.15) is 0 Å². The minimum absolute atomic E-state index is 0.154. The molecule has 4 nitrogen and oxygen atoms in total. The maximum absolute atomic E-state index is 12.2. The summed E-state index contributed by atoms with van der Waals surface area (Å²) < 4.78 is 5.27. The lowest BCUT2D eigenvalue weighted by molar-refractivity contribution is -0.133. The summed E-state index contributed by atoms with van der Waals surface area (Å²) in [4.78, 5) is 14.1. The summed E-state index contributed by atoms with van der Waals surface area (Å²) in [5.74, 6) is 0.154. The zero-order valence-electron chi connectivity index (χ0n) is 12.4. The average molecular weight is 276 g/mol. The fourth-order valence-electron chi connectivity index (χ4n) is 2.56. The highest BCUT2D eigenvalue weighted by molar-refractivity contribution is 5.81. The first-order valence-electron chi connectivity index (χ1n) is 7.46. The molecular weight excluding hydrogens is 252 g/mol. The van der Waals surface area contributed by atoms with Gasteiger partial charge in [-0.3, -0.25) is 4.79 Å². The lowest BCUT2D eigenvalue weighted by atomic mass is 10.0. The van der Waals surface area contributed by atoms with Gasteiger partial charge < -0.3 is 15.0 Å². The molecule has 1 heterocycles. The number of morpholine rings is 1. The molecule has 0 aliphatic carbocycles. The summed E-state index contributed by atoms with van der Waals surface area (Å²) in [6, 6.07) is 6.34. The Morgan fingerprint density at radius 1 is 1.20 bits per heavy atom. The van der Waals surface area contributed by atoms with Crippen molar-refractivity contribution >= 4 is 11.6 Å². The maximum atomic E-state index is 12.2. The van der Waals surface area contributed by atoms with Gasteiger partial charge in [0.2, 0.25) is 5.91 Å². The molecule has 1 amide bonds. The standard InChI is InChI=1S/C16H24N2O2/c1-3-13-6-5-7-14(4-2)16(13)17-12-15(19)18-8-10-20-11-9-18/h5-7,17H,3-4,8-12H2,1-2H3. The molecule has 2 rings (SSSR count). The van der Waals surface area contributed by atoms with Crippen LogP contribution in [-0.2, 0) is 22.4 Å².